The van der Waals surface area contributed by atoms with Gasteiger partial charge in [0, 0.05) is 0 Å². The molecule has 0 heterocycles. The van der Waals surface area contributed by atoms with E-state index in [1.54, 1.807) is 30.3 Å². The molecule has 5 heteroatoms. The van der Waals surface area contributed by atoms with Crippen molar-refractivity contribution in [2.45, 2.75) is 12.6 Å². The number of carboxylic acids is 1. The molecule has 0 spiro atoms. The van der Waals surface area contributed by atoms with Crippen LogP contribution in [0.1, 0.15) is 11.1 Å². The fourth-order valence-corrected chi connectivity index (χ4v) is 2.08. The smallest absolute Gasteiger partial charge is 0.416 e. The van der Waals surface area contributed by atoms with Gasteiger partial charge in [-0.25, -0.2) is 0 Å². The van der Waals surface area contributed by atoms with Crippen LogP contribution in [-0.2, 0) is 17.4 Å². The maximum Gasteiger partial charge on any atom is 0.416 e. The molecular formula is C15H11F3O2. The maximum absolute atomic E-state index is 13.0. The molecule has 0 aliphatic heterocycles. The minimum atomic E-state index is -4.57. The Kier molecular flexibility index (Phi) is 3.79. The summed E-state index contributed by atoms with van der Waals surface area (Å²) in [6.45, 7) is 0. The van der Waals surface area contributed by atoms with Crippen molar-refractivity contribution in [2.75, 3.05) is 0 Å². The molecule has 0 aromatic heterocycles. The van der Waals surface area contributed by atoms with Crippen molar-refractivity contribution in [1.29, 1.82) is 0 Å². The molecular weight excluding hydrogens is 269 g/mol. The Morgan fingerprint density at radius 3 is 2.20 bits per heavy atom. The van der Waals surface area contributed by atoms with Gasteiger partial charge in [-0.1, -0.05) is 42.5 Å². The summed E-state index contributed by atoms with van der Waals surface area (Å²) < 4.78 is 39.0. The van der Waals surface area contributed by atoms with Gasteiger partial charge >= 0.3 is 12.1 Å². The van der Waals surface area contributed by atoms with Crippen LogP contribution in [0.2, 0.25) is 0 Å². The lowest BCUT2D eigenvalue weighted by Gasteiger charge is -2.16. The highest BCUT2D eigenvalue weighted by Gasteiger charge is 2.34. The summed E-state index contributed by atoms with van der Waals surface area (Å²) >= 11 is 0. The van der Waals surface area contributed by atoms with Crippen molar-refractivity contribution >= 4 is 5.97 Å². The molecule has 0 aliphatic carbocycles. The largest absolute Gasteiger partial charge is 0.481 e. The molecule has 0 saturated heterocycles. The van der Waals surface area contributed by atoms with Crippen LogP contribution in [0.3, 0.4) is 0 Å². The van der Waals surface area contributed by atoms with E-state index in [9.17, 15) is 18.0 Å². The highest BCUT2D eigenvalue weighted by atomic mass is 19.4. The van der Waals surface area contributed by atoms with E-state index in [1.807, 2.05) is 0 Å². The second-order valence-corrected chi connectivity index (χ2v) is 4.27. The van der Waals surface area contributed by atoms with E-state index in [0.29, 0.717) is 11.1 Å². The SMILES string of the molecule is O=C(O)Cc1c(-c2ccccc2)cccc1C(F)(F)F. The molecule has 2 rings (SSSR count). The van der Waals surface area contributed by atoms with E-state index in [1.165, 1.54) is 12.1 Å². The third kappa shape index (κ3) is 2.99. The predicted molar refractivity (Wildman–Crippen MR) is 68.2 cm³/mol. The number of hydrogen-bond donors (Lipinski definition) is 1. The number of carboxylic acid groups (broad SMARTS) is 1. The van der Waals surface area contributed by atoms with Crippen LogP contribution in [0.25, 0.3) is 11.1 Å². The Bertz CT molecular complexity index is 619. The Balaban J connectivity index is 2.65. The molecule has 0 fully saturated rings. The van der Waals surface area contributed by atoms with Gasteiger partial charge in [-0.2, -0.15) is 13.2 Å². The van der Waals surface area contributed by atoms with Crippen molar-refractivity contribution < 1.29 is 23.1 Å². The molecule has 2 nitrogen and oxygen atoms in total. The third-order valence-corrected chi connectivity index (χ3v) is 2.89. The Hall–Kier alpha value is -2.30. The minimum absolute atomic E-state index is 0.210. The number of hydrogen-bond acceptors (Lipinski definition) is 1. The Morgan fingerprint density at radius 2 is 1.65 bits per heavy atom. The molecule has 0 radical (unpaired) electrons. The van der Waals surface area contributed by atoms with Crippen molar-refractivity contribution in [2.24, 2.45) is 0 Å². The Morgan fingerprint density at radius 1 is 1.00 bits per heavy atom. The molecule has 20 heavy (non-hydrogen) atoms. The fraction of sp³-hybridized carbons (Fsp3) is 0.133. The Labute approximate surface area is 113 Å². The summed E-state index contributed by atoms with van der Waals surface area (Å²) in [4.78, 5) is 10.9. The summed E-state index contributed by atoms with van der Waals surface area (Å²) in [6, 6.07) is 12.1. The first-order chi connectivity index (χ1) is 9.39. The lowest BCUT2D eigenvalue weighted by Crippen LogP contribution is -2.13. The van der Waals surface area contributed by atoms with Crippen LogP contribution < -0.4 is 0 Å². The van der Waals surface area contributed by atoms with Crippen LogP contribution in [0.15, 0.2) is 48.5 Å². The molecule has 0 atom stereocenters. The first-order valence-electron chi connectivity index (χ1n) is 5.86. The van der Waals surface area contributed by atoms with Gasteiger partial charge in [-0.15, -0.1) is 0 Å². The second-order valence-electron chi connectivity index (χ2n) is 4.27. The molecule has 1 N–H and O–H groups in total. The van der Waals surface area contributed by atoms with Gasteiger partial charge in [-0.3, -0.25) is 4.79 Å². The number of aliphatic carboxylic acids is 1. The average Bonchev–Trinajstić information content (AvgIpc) is 2.38. The normalized spacial score (nSPS) is 11.3. The van der Waals surface area contributed by atoms with Gasteiger partial charge in [0.15, 0.2) is 0 Å². The van der Waals surface area contributed by atoms with Crippen molar-refractivity contribution in [1.82, 2.24) is 0 Å². The molecule has 0 aliphatic rings. The van der Waals surface area contributed by atoms with Crippen LogP contribution in [0, 0.1) is 0 Å². The monoisotopic (exact) mass is 280 g/mol. The zero-order chi connectivity index (χ0) is 14.8. The minimum Gasteiger partial charge on any atom is -0.481 e. The van der Waals surface area contributed by atoms with Gasteiger partial charge in [0.1, 0.15) is 0 Å². The van der Waals surface area contributed by atoms with Gasteiger partial charge in [0.25, 0.3) is 0 Å². The molecule has 0 bridgehead atoms. The molecule has 0 amide bonds. The van der Waals surface area contributed by atoms with Crippen molar-refractivity contribution in [3.05, 3.63) is 59.7 Å². The molecule has 2 aromatic rings. The highest BCUT2D eigenvalue weighted by Crippen LogP contribution is 2.36. The van der Waals surface area contributed by atoms with Gasteiger partial charge in [0.05, 0.1) is 12.0 Å². The fourth-order valence-electron chi connectivity index (χ4n) is 2.08. The summed E-state index contributed by atoms with van der Waals surface area (Å²) in [6.07, 6.45) is -5.24. The molecule has 0 unspecified atom stereocenters. The van der Waals surface area contributed by atoms with Gasteiger partial charge < -0.3 is 5.11 Å². The maximum atomic E-state index is 13.0. The number of rotatable bonds is 3. The van der Waals surface area contributed by atoms with Crippen LogP contribution in [0.4, 0.5) is 13.2 Å². The lowest BCUT2D eigenvalue weighted by atomic mass is 9.93. The van der Waals surface area contributed by atoms with E-state index >= 15 is 0 Å². The number of carbonyl (C=O) groups is 1. The molecule has 0 saturated carbocycles. The number of alkyl halides is 3. The quantitative estimate of drug-likeness (QED) is 0.922. The van der Waals surface area contributed by atoms with Gasteiger partial charge in [-0.05, 0) is 22.8 Å². The zero-order valence-corrected chi connectivity index (χ0v) is 10.3. The topological polar surface area (TPSA) is 37.3 Å². The third-order valence-electron chi connectivity index (χ3n) is 2.89. The van der Waals surface area contributed by atoms with E-state index in [4.69, 9.17) is 5.11 Å². The van der Waals surface area contributed by atoms with Gasteiger partial charge in [0.2, 0.25) is 0 Å². The summed E-state index contributed by atoms with van der Waals surface area (Å²) in [5, 5.41) is 8.86. The zero-order valence-electron chi connectivity index (χ0n) is 10.3. The standard InChI is InChI=1S/C15H11F3O2/c16-15(17,18)13-8-4-7-11(12(13)9-14(19)20)10-5-2-1-3-6-10/h1-8H,9H2,(H,19,20). The van der Waals surface area contributed by atoms with Crippen molar-refractivity contribution in [3.8, 4) is 11.1 Å². The predicted octanol–water partition coefficient (Wildman–Crippen LogP) is 4.00. The average molecular weight is 280 g/mol. The summed E-state index contributed by atoms with van der Waals surface area (Å²) in [7, 11) is 0. The van der Waals surface area contributed by atoms with E-state index in [-0.39, 0.29) is 5.56 Å². The van der Waals surface area contributed by atoms with E-state index in [0.717, 1.165) is 6.07 Å². The van der Waals surface area contributed by atoms with Crippen LogP contribution >= 0.6 is 0 Å². The number of halogens is 3. The molecule has 2 aromatic carbocycles. The van der Waals surface area contributed by atoms with Crippen LogP contribution in [-0.4, -0.2) is 11.1 Å². The molecule has 104 valence electrons. The van der Waals surface area contributed by atoms with E-state index in [2.05, 4.69) is 0 Å². The number of benzene rings is 2. The van der Waals surface area contributed by atoms with E-state index < -0.39 is 24.1 Å². The lowest BCUT2D eigenvalue weighted by molar-refractivity contribution is -0.139. The first kappa shape index (κ1) is 14.1. The highest BCUT2D eigenvalue weighted by molar-refractivity contribution is 5.78. The second kappa shape index (κ2) is 5.36. The van der Waals surface area contributed by atoms with Crippen LogP contribution in [0.5, 0.6) is 0 Å². The van der Waals surface area contributed by atoms with Crippen molar-refractivity contribution in [3.63, 3.8) is 0 Å². The summed E-state index contributed by atoms with van der Waals surface area (Å²) in [5.41, 5.74) is -0.252. The summed E-state index contributed by atoms with van der Waals surface area (Å²) in [5.74, 6) is -1.29. The first-order valence-corrected chi connectivity index (χ1v) is 5.86.